The van der Waals surface area contributed by atoms with Crippen molar-refractivity contribution in [1.29, 1.82) is 0 Å². The summed E-state index contributed by atoms with van der Waals surface area (Å²) in [6.07, 6.45) is 5.96. The van der Waals surface area contributed by atoms with Gasteiger partial charge < -0.3 is 0 Å². The second-order valence-corrected chi connectivity index (χ2v) is 5.49. The molecule has 0 atom stereocenters. The molecule has 3 aromatic rings. The maximum absolute atomic E-state index is 4.70. The number of unbranched alkanes of at least 4 members (excludes halogenated alkanes) is 2. The Bertz CT molecular complexity index is 636. The van der Waals surface area contributed by atoms with Crippen molar-refractivity contribution in [3.05, 3.63) is 30.5 Å². The Labute approximate surface area is 105 Å². The molecule has 0 saturated heterocycles. The van der Waals surface area contributed by atoms with Gasteiger partial charge in [-0.05, 0) is 12.5 Å². The Morgan fingerprint density at radius 2 is 2.06 bits per heavy atom. The van der Waals surface area contributed by atoms with Crippen LogP contribution < -0.4 is 0 Å². The fourth-order valence-electron chi connectivity index (χ4n) is 2.17. The van der Waals surface area contributed by atoms with Gasteiger partial charge in [-0.15, -0.1) is 11.3 Å². The Balaban J connectivity index is 1.96. The van der Waals surface area contributed by atoms with E-state index in [1.54, 1.807) is 0 Å². The Morgan fingerprint density at radius 1 is 1.18 bits per heavy atom. The topological polar surface area (TPSA) is 17.8 Å². The van der Waals surface area contributed by atoms with Gasteiger partial charge >= 0.3 is 0 Å². The van der Waals surface area contributed by atoms with Gasteiger partial charge in [0.05, 0.1) is 4.70 Å². The lowest BCUT2D eigenvalue weighted by Crippen LogP contribution is -1.97. The second-order valence-electron chi connectivity index (χ2n) is 4.41. The van der Waals surface area contributed by atoms with Crippen molar-refractivity contribution in [1.82, 2.24) is 9.78 Å². The quantitative estimate of drug-likeness (QED) is 0.620. The van der Waals surface area contributed by atoms with Gasteiger partial charge in [0.15, 0.2) is 0 Å². The summed E-state index contributed by atoms with van der Waals surface area (Å²) in [5.41, 5.74) is 1.17. The van der Waals surface area contributed by atoms with Crippen LogP contribution in [0.15, 0.2) is 30.5 Å². The maximum Gasteiger partial charge on any atom is 0.111 e. The van der Waals surface area contributed by atoms with Crippen molar-refractivity contribution >= 4 is 31.6 Å². The van der Waals surface area contributed by atoms with Crippen molar-refractivity contribution in [2.45, 2.75) is 32.7 Å². The summed E-state index contributed by atoms with van der Waals surface area (Å²) >= 11 is 1.84. The molecule has 1 aromatic carbocycles. The molecule has 0 bridgehead atoms. The molecule has 0 aliphatic rings. The van der Waals surface area contributed by atoms with Gasteiger partial charge in [0, 0.05) is 22.8 Å². The highest BCUT2D eigenvalue weighted by molar-refractivity contribution is 7.25. The van der Waals surface area contributed by atoms with E-state index in [2.05, 4.69) is 42.1 Å². The molecule has 2 aromatic heterocycles. The molecule has 0 amide bonds. The van der Waals surface area contributed by atoms with E-state index in [0.717, 1.165) is 6.54 Å². The SMILES string of the molecule is CCCCCn1cc2sc3ccccc3c2n1. The van der Waals surface area contributed by atoms with Gasteiger partial charge in [0.1, 0.15) is 5.52 Å². The molecule has 2 nitrogen and oxygen atoms in total. The molecule has 17 heavy (non-hydrogen) atoms. The summed E-state index contributed by atoms with van der Waals surface area (Å²) in [5.74, 6) is 0. The van der Waals surface area contributed by atoms with Gasteiger partial charge in [0.25, 0.3) is 0 Å². The first-order valence-electron chi connectivity index (χ1n) is 6.23. The van der Waals surface area contributed by atoms with Crippen LogP contribution in [0, 0.1) is 0 Å². The third-order valence-electron chi connectivity index (χ3n) is 3.08. The highest BCUT2D eigenvalue weighted by atomic mass is 32.1. The normalized spacial score (nSPS) is 11.6. The van der Waals surface area contributed by atoms with E-state index in [-0.39, 0.29) is 0 Å². The standard InChI is InChI=1S/C14H16N2S/c1-2-3-6-9-16-10-13-14(15-16)11-7-4-5-8-12(11)17-13/h4-5,7-8,10H,2-3,6,9H2,1H3. The average Bonchev–Trinajstić information content (AvgIpc) is 2.86. The van der Waals surface area contributed by atoms with Crippen LogP contribution in [0.4, 0.5) is 0 Å². The van der Waals surface area contributed by atoms with Crippen LogP contribution in [0.3, 0.4) is 0 Å². The van der Waals surface area contributed by atoms with E-state index in [9.17, 15) is 0 Å². The predicted octanol–water partition coefficient (Wildman–Crippen LogP) is 4.44. The minimum atomic E-state index is 1.05. The van der Waals surface area contributed by atoms with Crippen molar-refractivity contribution < 1.29 is 0 Å². The van der Waals surface area contributed by atoms with Crippen LogP contribution in [0.5, 0.6) is 0 Å². The van der Waals surface area contributed by atoms with Crippen LogP contribution in [0.1, 0.15) is 26.2 Å². The number of fused-ring (bicyclic) bond motifs is 3. The second kappa shape index (κ2) is 4.49. The van der Waals surface area contributed by atoms with E-state index in [1.165, 1.54) is 39.6 Å². The minimum absolute atomic E-state index is 1.05. The smallest absolute Gasteiger partial charge is 0.111 e. The fourth-order valence-corrected chi connectivity index (χ4v) is 3.25. The van der Waals surface area contributed by atoms with E-state index in [0.29, 0.717) is 0 Å². The molecule has 0 saturated carbocycles. The van der Waals surface area contributed by atoms with Crippen LogP contribution in [-0.2, 0) is 6.54 Å². The Kier molecular flexibility index (Phi) is 2.85. The molecule has 88 valence electrons. The highest BCUT2D eigenvalue weighted by Crippen LogP contribution is 2.32. The molecule has 2 heterocycles. The molecular formula is C14H16N2S. The summed E-state index contributed by atoms with van der Waals surface area (Å²) in [4.78, 5) is 0. The molecule has 0 aliphatic carbocycles. The molecule has 3 heteroatoms. The lowest BCUT2D eigenvalue weighted by Gasteiger charge is -1.99. The number of nitrogens with zero attached hydrogens (tertiary/aromatic N) is 2. The summed E-state index contributed by atoms with van der Waals surface area (Å²) in [6.45, 7) is 3.28. The summed E-state index contributed by atoms with van der Waals surface area (Å²) in [7, 11) is 0. The van der Waals surface area contributed by atoms with Crippen LogP contribution in [-0.4, -0.2) is 9.78 Å². The summed E-state index contributed by atoms with van der Waals surface area (Å²) in [5, 5.41) is 5.99. The number of benzene rings is 1. The molecule has 0 N–H and O–H groups in total. The minimum Gasteiger partial charge on any atom is -0.271 e. The highest BCUT2D eigenvalue weighted by Gasteiger charge is 2.08. The Hall–Kier alpha value is -1.35. The zero-order valence-electron chi connectivity index (χ0n) is 10.0. The van der Waals surface area contributed by atoms with E-state index < -0.39 is 0 Å². The first kappa shape index (κ1) is 10.8. The van der Waals surface area contributed by atoms with Crippen molar-refractivity contribution in [3.63, 3.8) is 0 Å². The largest absolute Gasteiger partial charge is 0.271 e. The van der Waals surface area contributed by atoms with Gasteiger partial charge in [-0.3, -0.25) is 4.68 Å². The molecule has 0 spiro atoms. The lowest BCUT2D eigenvalue weighted by atomic mass is 10.2. The van der Waals surface area contributed by atoms with E-state index in [4.69, 9.17) is 5.10 Å². The van der Waals surface area contributed by atoms with Gasteiger partial charge in [0.2, 0.25) is 0 Å². The number of rotatable bonds is 4. The summed E-state index contributed by atoms with van der Waals surface area (Å²) < 4.78 is 4.75. The molecule has 3 rings (SSSR count). The zero-order chi connectivity index (χ0) is 11.7. The van der Waals surface area contributed by atoms with Crippen LogP contribution in [0.2, 0.25) is 0 Å². The van der Waals surface area contributed by atoms with Crippen LogP contribution in [0.25, 0.3) is 20.3 Å². The van der Waals surface area contributed by atoms with Crippen molar-refractivity contribution in [3.8, 4) is 0 Å². The predicted molar refractivity (Wildman–Crippen MR) is 74.6 cm³/mol. The molecule has 0 fully saturated rings. The molecular weight excluding hydrogens is 228 g/mol. The fraction of sp³-hybridized carbons (Fsp3) is 0.357. The maximum atomic E-state index is 4.70. The van der Waals surface area contributed by atoms with Crippen molar-refractivity contribution in [2.75, 3.05) is 0 Å². The third-order valence-corrected chi connectivity index (χ3v) is 4.18. The number of aromatic nitrogens is 2. The average molecular weight is 244 g/mol. The first-order valence-corrected chi connectivity index (χ1v) is 7.05. The van der Waals surface area contributed by atoms with Gasteiger partial charge in [-0.1, -0.05) is 38.0 Å². The number of hydrogen-bond acceptors (Lipinski definition) is 2. The molecule has 0 aliphatic heterocycles. The molecule has 0 radical (unpaired) electrons. The van der Waals surface area contributed by atoms with E-state index >= 15 is 0 Å². The van der Waals surface area contributed by atoms with Crippen molar-refractivity contribution in [2.24, 2.45) is 0 Å². The van der Waals surface area contributed by atoms with E-state index in [1.807, 2.05) is 11.3 Å². The third kappa shape index (κ3) is 1.95. The monoisotopic (exact) mass is 244 g/mol. The van der Waals surface area contributed by atoms with Gasteiger partial charge in [-0.25, -0.2) is 0 Å². The number of thiophene rings is 1. The van der Waals surface area contributed by atoms with Crippen LogP contribution >= 0.6 is 11.3 Å². The zero-order valence-corrected chi connectivity index (χ0v) is 10.8. The summed E-state index contributed by atoms with van der Waals surface area (Å²) in [6, 6.07) is 8.51. The Morgan fingerprint density at radius 3 is 2.94 bits per heavy atom. The first-order chi connectivity index (χ1) is 8.38. The lowest BCUT2D eigenvalue weighted by molar-refractivity contribution is 0.557. The number of hydrogen-bond donors (Lipinski definition) is 0. The molecule has 0 unspecified atom stereocenters. The number of aryl methyl sites for hydroxylation is 1. The van der Waals surface area contributed by atoms with Gasteiger partial charge in [-0.2, -0.15) is 5.10 Å².